The van der Waals surface area contributed by atoms with Crippen LogP contribution >= 0.6 is 0 Å². The van der Waals surface area contributed by atoms with Crippen molar-refractivity contribution in [3.8, 4) is 0 Å². The summed E-state index contributed by atoms with van der Waals surface area (Å²) in [4.78, 5) is 36.7. The van der Waals surface area contributed by atoms with Crippen molar-refractivity contribution in [1.82, 2.24) is 26.4 Å². The summed E-state index contributed by atoms with van der Waals surface area (Å²) in [5.74, 6) is -2.31. The molecule has 0 aromatic rings. The second kappa shape index (κ2) is 8.38. The highest BCUT2D eigenvalue weighted by molar-refractivity contribution is 6.17. The second-order valence-corrected chi connectivity index (χ2v) is 4.56. The van der Waals surface area contributed by atoms with E-state index in [-0.39, 0.29) is 0 Å². The molecule has 4 amide bonds. The number of hydrogen-bond acceptors (Lipinski definition) is 6. The highest BCUT2D eigenvalue weighted by Crippen LogP contribution is 2.11. The van der Waals surface area contributed by atoms with E-state index in [9.17, 15) is 14.4 Å². The Labute approximate surface area is 124 Å². The molecule has 8 heteroatoms. The van der Waals surface area contributed by atoms with Crippen molar-refractivity contribution in [2.24, 2.45) is 5.92 Å². The molecule has 1 saturated heterocycles. The van der Waals surface area contributed by atoms with Crippen molar-refractivity contribution in [3.63, 3.8) is 0 Å². The zero-order valence-corrected chi connectivity index (χ0v) is 12.7. The van der Waals surface area contributed by atoms with Crippen LogP contribution in [-0.4, -0.2) is 48.9 Å². The van der Waals surface area contributed by atoms with Gasteiger partial charge in [-0.15, -0.1) is 0 Å². The number of allylic oxidation sites excluding steroid dienone is 1. The first-order chi connectivity index (χ1) is 10.0. The Hall–Kier alpha value is -1.93. The first-order valence-corrected chi connectivity index (χ1v) is 7.06. The van der Waals surface area contributed by atoms with Crippen LogP contribution in [0.3, 0.4) is 0 Å². The van der Waals surface area contributed by atoms with Gasteiger partial charge in [-0.1, -0.05) is 19.9 Å². The zero-order chi connectivity index (χ0) is 15.8. The normalized spacial score (nSPS) is 17.0. The number of carbonyl (C=O) groups excluding carboxylic acids is 3. The van der Waals surface area contributed by atoms with Crippen LogP contribution < -0.4 is 21.5 Å². The Morgan fingerprint density at radius 1 is 1.19 bits per heavy atom. The maximum absolute atomic E-state index is 11.7. The summed E-state index contributed by atoms with van der Waals surface area (Å²) < 4.78 is 0. The summed E-state index contributed by atoms with van der Waals surface area (Å²) in [5.41, 5.74) is 6.26. The molecule has 1 heterocycles. The van der Waals surface area contributed by atoms with Gasteiger partial charge < -0.3 is 10.3 Å². The van der Waals surface area contributed by atoms with Crippen molar-refractivity contribution in [3.05, 3.63) is 11.8 Å². The minimum atomic E-state index is -1.05. The first kappa shape index (κ1) is 17.1. The SMILES string of the molecule is C/C=C(/NNCCN(CC)CC)C1C(=O)NC(=O)NC1=O. The van der Waals surface area contributed by atoms with Gasteiger partial charge in [0.15, 0.2) is 5.92 Å². The lowest BCUT2D eigenvalue weighted by Crippen LogP contribution is -2.58. The van der Waals surface area contributed by atoms with Crippen molar-refractivity contribution in [2.75, 3.05) is 26.2 Å². The number of carbonyl (C=O) groups is 3. The Balaban J connectivity index is 2.50. The third-order valence-electron chi connectivity index (χ3n) is 3.30. The van der Waals surface area contributed by atoms with E-state index < -0.39 is 23.8 Å². The monoisotopic (exact) mass is 297 g/mol. The number of barbiturate groups is 1. The maximum Gasteiger partial charge on any atom is 0.328 e. The van der Waals surface area contributed by atoms with Gasteiger partial charge in [-0.2, -0.15) is 0 Å². The molecule has 21 heavy (non-hydrogen) atoms. The molecular weight excluding hydrogens is 274 g/mol. The van der Waals surface area contributed by atoms with Crippen LogP contribution in [0.5, 0.6) is 0 Å². The van der Waals surface area contributed by atoms with Crippen molar-refractivity contribution in [1.29, 1.82) is 0 Å². The molecule has 8 nitrogen and oxygen atoms in total. The molecule has 0 aromatic heterocycles. The summed E-state index contributed by atoms with van der Waals surface area (Å²) in [6.07, 6.45) is 1.63. The quantitative estimate of drug-likeness (QED) is 0.269. The number of rotatable bonds is 8. The fourth-order valence-corrected chi connectivity index (χ4v) is 2.03. The van der Waals surface area contributed by atoms with Crippen molar-refractivity contribution >= 4 is 17.8 Å². The lowest BCUT2D eigenvalue weighted by molar-refractivity contribution is -0.134. The number of hydrogen-bond donors (Lipinski definition) is 4. The standard InChI is InChI=1S/C13H23N5O3/c1-4-9(17-14-7-8-18(5-2)6-3)10-11(19)15-13(21)16-12(10)20/h4,10,14,17H,5-8H2,1-3H3,(H2,15,16,19,20,21)/b9-4+. The molecule has 0 aliphatic carbocycles. The number of imide groups is 2. The summed E-state index contributed by atoms with van der Waals surface area (Å²) in [6.45, 7) is 9.32. The second-order valence-electron chi connectivity index (χ2n) is 4.56. The van der Waals surface area contributed by atoms with Crippen LogP contribution in [-0.2, 0) is 9.59 Å². The van der Waals surface area contributed by atoms with E-state index >= 15 is 0 Å². The first-order valence-electron chi connectivity index (χ1n) is 7.06. The molecule has 0 saturated carbocycles. The Morgan fingerprint density at radius 3 is 2.24 bits per heavy atom. The zero-order valence-electron chi connectivity index (χ0n) is 12.7. The smallest absolute Gasteiger partial charge is 0.325 e. The number of urea groups is 1. The minimum Gasteiger partial charge on any atom is -0.325 e. The van der Waals surface area contributed by atoms with Crippen LogP contribution in [0, 0.1) is 5.92 Å². The van der Waals surface area contributed by atoms with E-state index in [1.165, 1.54) is 0 Å². The molecule has 1 aliphatic rings. The van der Waals surface area contributed by atoms with E-state index in [2.05, 4.69) is 40.2 Å². The predicted molar refractivity (Wildman–Crippen MR) is 77.9 cm³/mol. The summed E-state index contributed by atoms with van der Waals surface area (Å²) in [5, 5.41) is 4.15. The minimum absolute atomic E-state index is 0.414. The van der Waals surface area contributed by atoms with Gasteiger partial charge in [0.05, 0.1) is 0 Å². The highest BCUT2D eigenvalue weighted by atomic mass is 16.2. The topological polar surface area (TPSA) is 103 Å². The van der Waals surface area contributed by atoms with Crippen LogP contribution in [0.25, 0.3) is 0 Å². The van der Waals surface area contributed by atoms with Crippen LogP contribution in [0.1, 0.15) is 20.8 Å². The lowest BCUT2D eigenvalue weighted by Gasteiger charge is -2.24. The van der Waals surface area contributed by atoms with Crippen LogP contribution in [0.4, 0.5) is 4.79 Å². The average molecular weight is 297 g/mol. The van der Waals surface area contributed by atoms with Crippen LogP contribution in [0.2, 0.25) is 0 Å². The summed E-state index contributed by atoms with van der Waals surface area (Å²) in [7, 11) is 0. The molecule has 1 rings (SSSR count). The summed E-state index contributed by atoms with van der Waals surface area (Å²) in [6, 6.07) is -0.786. The molecule has 0 atom stereocenters. The maximum atomic E-state index is 11.7. The van der Waals surface area contributed by atoms with E-state index in [0.717, 1.165) is 19.6 Å². The molecule has 4 N–H and O–H groups in total. The third kappa shape index (κ3) is 4.83. The van der Waals surface area contributed by atoms with E-state index in [1.54, 1.807) is 13.0 Å². The van der Waals surface area contributed by atoms with Gasteiger partial charge in [-0.05, 0) is 20.0 Å². The number of nitrogens with one attached hydrogen (secondary N) is 4. The predicted octanol–water partition coefficient (Wildman–Crippen LogP) is -0.692. The molecule has 0 bridgehead atoms. The largest absolute Gasteiger partial charge is 0.328 e. The van der Waals surface area contributed by atoms with Crippen LogP contribution in [0.15, 0.2) is 11.8 Å². The van der Waals surface area contributed by atoms with E-state index in [1.807, 2.05) is 0 Å². The van der Waals surface area contributed by atoms with Crippen molar-refractivity contribution in [2.45, 2.75) is 20.8 Å². The molecule has 0 spiro atoms. The van der Waals surface area contributed by atoms with Gasteiger partial charge >= 0.3 is 6.03 Å². The van der Waals surface area contributed by atoms with Gasteiger partial charge in [0, 0.05) is 18.8 Å². The molecule has 0 radical (unpaired) electrons. The molecule has 0 aromatic carbocycles. The third-order valence-corrected chi connectivity index (χ3v) is 3.30. The highest BCUT2D eigenvalue weighted by Gasteiger charge is 2.36. The number of nitrogens with zero attached hydrogens (tertiary/aromatic N) is 1. The van der Waals surface area contributed by atoms with Gasteiger partial charge in [0.2, 0.25) is 11.8 Å². The Kier molecular flexibility index (Phi) is 6.83. The van der Waals surface area contributed by atoms with Crippen molar-refractivity contribution < 1.29 is 14.4 Å². The number of likely N-dealkylation sites (N-methyl/N-ethyl adjacent to an activating group) is 1. The molecule has 118 valence electrons. The van der Waals surface area contributed by atoms with Gasteiger partial charge in [-0.3, -0.25) is 20.2 Å². The average Bonchev–Trinajstić information content (AvgIpc) is 2.44. The fourth-order valence-electron chi connectivity index (χ4n) is 2.03. The number of hydrazine groups is 1. The fraction of sp³-hybridized carbons (Fsp3) is 0.615. The summed E-state index contributed by atoms with van der Waals surface area (Å²) >= 11 is 0. The molecular formula is C13H23N5O3. The van der Waals surface area contributed by atoms with Gasteiger partial charge in [0.25, 0.3) is 0 Å². The lowest BCUT2D eigenvalue weighted by atomic mass is 10.0. The van der Waals surface area contributed by atoms with Gasteiger partial charge in [-0.25, -0.2) is 10.2 Å². The van der Waals surface area contributed by atoms with E-state index in [4.69, 9.17) is 0 Å². The van der Waals surface area contributed by atoms with E-state index in [0.29, 0.717) is 12.2 Å². The molecule has 1 aliphatic heterocycles. The number of amides is 4. The molecule has 1 fully saturated rings. The Morgan fingerprint density at radius 2 is 1.76 bits per heavy atom. The Bertz CT molecular complexity index is 412. The van der Waals surface area contributed by atoms with Gasteiger partial charge in [0.1, 0.15) is 0 Å². The molecule has 0 unspecified atom stereocenters.